The first kappa shape index (κ1) is 15.3. The second-order valence-corrected chi connectivity index (χ2v) is 4.77. The Hall–Kier alpha value is -1.71. The second kappa shape index (κ2) is 8.40. The van der Waals surface area contributed by atoms with Gasteiger partial charge in [-0.1, -0.05) is 44.2 Å². The van der Waals surface area contributed by atoms with Gasteiger partial charge in [0.1, 0.15) is 11.5 Å². The molecular weight excluding hydrogens is 242 g/mol. The van der Waals surface area contributed by atoms with Gasteiger partial charge in [0, 0.05) is 11.6 Å². The molecule has 0 aliphatic carbocycles. The Morgan fingerprint density at radius 2 is 1.74 bits per heavy atom. The number of phenols is 2. The van der Waals surface area contributed by atoms with Crippen molar-refractivity contribution in [2.75, 3.05) is 0 Å². The van der Waals surface area contributed by atoms with Crippen LogP contribution in [0.25, 0.3) is 0 Å². The van der Waals surface area contributed by atoms with Crippen LogP contribution >= 0.6 is 0 Å². The van der Waals surface area contributed by atoms with E-state index in [4.69, 9.17) is 5.21 Å². The van der Waals surface area contributed by atoms with Gasteiger partial charge in [-0.25, -0.2) is 0 Å². The van der Waals surface area contributed by atoms with Gasteiger partial charge in [-0.3, -0.25) is 0 Å². The van der Waals surface area contributed by atoms with Crippen LogP contribution in [0.15, 0.2) is 23.4 Å². The van der Waals surface area contributed by atoms with Crippen molar-refractivity contribution in [1.82, 2.24) is 0 Å². The van der Waals surface area contributed by atoms with E-state index in [0.29, 0.717) is 17.7 Å². The number of phenolic OH excluding ortho intramolecular Hbond substituents is 2. The maximum absolute atomic E-state index is 9.71. The van der Waals surface area contributed by atoms with Gasteiger partial charge in [-0.05, 0) is 25.0 Å². The lowest BCUT2D eigenvalue weighted by atomic mass is 10.0. The van der Waals surface area contributed by atoms with E-state index in [1.165, 1.54) is 37.8 Å². The molecule has 0 aromatic heterocycles. The average molecular weight is 265 g/mol. The molecule has 1 aromatic rings. The summed E-state index contributed by atoms with van der Waals surface area (Å²) in [5, 5.41) is 31.2. The molecule has 0 bridgehead atoms. The predicted octanol–water partition coefficient (Wildman–Crippen LogP) is 4.03. The van der Waals surface area contributed by atoms with E-state index in [0.717, 1.165) is 12.8 Å². The molecule has 0 unspecified atom stereocenters. The lowest BCUT2D eigenvalue weighted by molar-refractivity contribution is 0.317. The van der Waals surface area contributed by atoms with E-state index in [1.54, 1.807) is 6.07 Å². The minimum absolute atomic E-state index is 0.00175. The fraction of sp³-hybridized carbons (Fsp3) is 0.533. The first-order valence-corrected chi connectivity index (χ1v) is 6.92. The summed E-state index contributed by atoms with van der Waals surface area (Å²) in [6.07, 6.45) is 7.58. The van der Waals surface area contributed by atoms with Gasteiger partial charge in [-0.2, -0.15) is 0 Å². The molecule has 0 heterocycles. The zero-order valence-corrected chi connectivity index (χ0v) is 11.5. The van der Waals surface area contributed by atoms with Crippen LogP contribution in [0.4, 0.5) is 0 Å². The van der Waals surface area contributed by atoms with Crippen LogP contribution in [0, 0.1) is 0 Å². The summed E-state index contributed by atoms with van der Waals surface area (Å²) in [7, 11) is 0. The monoisotopic (exact) mass is 265 g/mol. The Morgan fingerprint density at radius 1 is 1.05 bits per heavy atom. The van der Waals surface area contributed by atoms with Gasteiger partial charge in [0.05, 0.1) is 5.71 Å². The Balaban J connectivity index is 2.46. The quantitative estimate of drug-likeness (QED) is 0.287. The standard InChI is InChI=1S/C15H23NO3/c1-2-3-4-5-6-7-8-14(16-19)13-10-9-12(17)11-15(13)18/h9-11,17-19H,2-8H2,1H3/b16-14-. The van der Waals surface area contributed by atoms with Gasteiger partial charge in [0.15, 0.2) is 0 Å². The van der Waals surface area contributed by atoms with Crippen molar-refractivity contribution in [3.63, 3.8) is 0 Å². The fourth-order valence-electron chi connectivity index (χ4n) is 2.08. The highest BCUT2D eigenvalue weighted by atomic mass is 16.4. The van der Waals surface area contributed by atoms with Crippen molar-refractivity contribution in [2.45, 2.75) is 51.9 Å². The van der Waals surface area contributed by atoms with Crippen LogP contribution in [0.1, 0.15) is 57.4 Å². The Bertz CT molecular complexity index is 416. The molecule has 0 fully saturated rings. The minimum Gasteiger partial charge on any atom is -0.508 e. The Labute approximate surface area is 114 Å². The molecule has 1 aromatic carbocycles. The molecular formula is C15H23NO3. The van der Waals surface area contributed by atoms with E-state index in [2.05, 4.69) is 12.1 Å². The van der Waals surface area contributed by atoms with Gasteiger partial charge in [-0.15, -0.1) is 0 Å². The van der Waals surface area contributed by atoms with E-state index < -0.39 is 0 Å². The first-order chi connectivity index (χ1) is 9.19. The topological polar surface area (TPSA) is 73.1 Å². The van der Waals surface area contributed by atoms with Crippen LogP contribution in [0.5, 0.6) is 11.5 Å². The molecule has 4 nitrogen and oxygen atoms in total. The summed E-state index contributed by atoms with van der Waals surface area (Å²) in [6.45, 7) is 2.18. The Kier molecular flexibility index (Phi) is 6.79. The SMILES string of the molecule is CCCCCCCC/C(=N/O)c1ccc(O)cc1O. The molecule has 1 rings (SSSR count). The molecule has 106 valence electrons. The molecule has 0 atom stereocenters. The predicted molar refractivity (Wildman–Crippen MR) is 76.1 cm³/mol. The van der Waals surface area contributed by atoms with E-state index in [-0.39, 0.29) is 11.5 Å². The number of hydrogen-bond donors (Lipinski definition) is 3. The van der Waals surface area contributed by atoms with Gasteiger partial charge in [0.2, 0.25) is 0 Å². The van der Waals surface area contributed by atoms with Gasteiger partial charge < -0.3 is 15.4 Å². The summed E-state index contributed by atoms with van der Waals surface area (Å²) in [5.41, 5.74) is 0.946. The molecule has 0 amide bonds. The third-order valence-corrected chi connectivity index (χ3v) is 3.18. The number of nitrogens with zero attached hydrogens (tertiary/aromatic N) is 1. The zero-order valence-electron chi connectivity index (χ0n) is 11.5. The summed E-state index contributed by atoms with van der Waals surface area (Å²) >= 11 is 0. The van der Waals surface area contributed by atoms with Crippen LogP contribution in [-0.2, 0) is 0 Å². The van der Waals surface area contributed by atoms with Crippen LogP contribution < -0.4 is 0 Å². The molecule has 3 N–H and O–H groups in total. The smallest absolute Gasteiger partial charge is 0.128 e. The van der Waals surface area contributed by atoms with Crippen LogP contribution in [-0.4, -0.2) is 21.1 Å². The second-order valence-electron chi connectivity index (χ2n) is 4.77. The maximum Gasteiger partial charge on any atom is 0.128 e. The first-order valence-electron chi connectivity index (χ1n) is 6.92. The van der Waals surface area contributed by atoms with E-state index >= 15 is 0 Å². The molecule has 19 heavy (non-hydrogen) atoms. The highest BCUT2D eigenvalue weighted by Crippen LogP contribution is 2.24. The fourth-order valence-corrected chi connectivity index (χ4v) is 2.08. The van der Waals surface area contributed by atoms with Crippen molar-refractivity contribution >= 4 is 5.71 Å². The lowest BCUT2D eigenvalue weighted by Crippen LogP contribution is -2.01. The van der Waals surface area contributed by atoms with Crippen molar-refractivity contribution in [1.29, 1.82) is 0 Å². The highest BCUT2D eigenvalue weighted by Gasteiger charge is 2.10. The van der Waals surface area contributed by atoms with E-state index in [1.807, 2.05) is 0 Å². The van der Waals surface area contributed by atoms with Crippen molar-refractivity contribution in [3.05, 3.63) is 23.8 Å². The van der Waals surface area contributed by atoms with Crippen LogP contribution in [0.2, 0.25) is 0 Å². The van der Waals surface area contributed by atoms with E-state index in [9.17, 15) is 10.2 Å². The number of rotatable bonds is 8. The molecule has 4 heteroatoms. The molecule has 0 aliphatic rings. The lowest BCUT2D eigenvalue weighted by Gasteiger charge is -2.07. The molecule has 0 radical (unpaired) electrons. The zero-order chi connectivity index (χ0) is 14.1. The summed E-state index contributed by atoms with van der Waals surface area (Å²) in [5.74, 6) is -0.0584. The normalized spacial score (nSPS) is 11.7. The molecule has 0 saturated carbocycles. The van der Waals surface area contributed by atoms with Crippen molar-refractivity contribution < 1.29 is 15.4 Å². The number of aromatic hydroxyl groups is 2. The van der Waals surface area contributed by atoms with Gasteiger partial charge >= 0.3 is 0 Å². The molecule has 0 aliphatic heterocycles. The molecule has 0 spiro atoms. The summed E-state index contributed by atoms with van der Waals surface area (Å²) < 4.78 is 0. The summed E-state index contributed by atoms with van der Waals surface area (Å²) in [6, 6.07) is 4.29. The van der Waals surface area contributed by atoms with Crippen molar-refractivity contribution in [3.8, 4) is 11.5 Å². The maximum atomic E-state index is 9.71. The average Bonchev–Trinajstić information content (AvgIpc) is 2.39. The van der Waals surface area contributed by atoms with Gasteiger partial charge in [0.25, 0.3) is 0 Å². The Morgan fingerprint density at radius 3 is 2.37 bits per heavy atom. The largest absolute Gasteiger partial charge is 0.508 e. The van der Waals surface area contributed by atoms with Crippen LogP contribution in [0.3, 0.4) is 0 Å². The number of hydrogen-bond acceptors (Lipinski definition) is 4. The number of benzene rings is 1. The summed E-state index contributed by atoms with van der Waals surface area (Å²) in [4.78, 5) is 0. The minimum atomic E-state index is -0.0567. The number of oxime groups is 1. The third kappa shape index (κ3) is 5.20. The third-order valence-electron chi connectivity index (χ3n) is 3.18. The van der Waals surface area contributed by atoms with Crippen molar-refractivity contribution in [2.24, 2.45) is 5.16 Å². The number of unbranched alkanes of at least 4 members (excludes halogenated alkanes) is 5. The highest BCUT2D eigenvalue weighted by molar-refractivity contribution is 6.02. The molecule has 0 saturated heterocycles.